The molecule has 0 aromatic rings. The normalized spacial score (nSPS) is 12.4. The minimum Gasteiger partial charge on any atom is -0.246 e. The Morgan fingerprint density at radius 1 is 1.60 bits per heavy atom. The number of hydrogen-bond acceptors (Lipinski definition) is 1. The van der Waals surface area contributed by atoms with E-state index in [0.717, 1.165) is 0 Å². The molecule has 0 spiro atoms. The Bertz CT molecular complexity index is 168. The molecular weight excluding hydrogens is 158 g/mol. The van der Waals surface area contributed by atoms with Gasteiger partial charge in [-0.2, -0.15) is 8.78 Å². The van der Waals surface area contributed by atoms with Crippen LogP contribution in [-0.2, 0) is 10.8 Å². The lowest BCUT2D eigenvalue weighted by Crippen LogP contribution is -1.92. The summed E-state index contributed by atoms with van der Waals surface area (Å²) in [6.07, 6.45) is -1.97. The minimum atomic E-state index is -2.67. The van der Waals surface area contributed by atoms with E-state index in [0.29, 0.717) is 12.2 Å². The van der Waals surface area contributed by atoms with Gasteiger partial charge in [0, 0.05) is 11.0 Å². The van der Waals surface area contributed by atoms with E-state index in [1.165, 1.54) is 0 Å². The Morgan fingerprint density at radius 3 is 2.60 bits per heavy atom. The molecule has 0 bridgehead atoms. The van der Waals surface area contributed by atoms with Crippen LogP contribution < -0.4 is 0 Å². The molecule has 1 atom stereocenters. The van der Waals surface area contributed by atoms with E-state index in [2.05, 4.69) is 0 Å². The second-order valence-electron chi connectivity index (χ2n) is 1.60. The Morgan fingerprint density at radius 2 is 2.20 bits per heavy atom. The number of halogens is 2. The van der Waals surface area contributed by atoms with Gasteiger partial charge in [0.15, 0.2) is 0 Å². The lowest BCUT2D eigenvalue weighted by atomic mass is 10.6. The second kappa shape index (κ2) is 5.36. The Balaban J connectivity index is 3.69. The van der Waals surface area contributed by atoms with Gasteiger partial charge >= 0.3 is 0 Å². The third-order valence-electron chi connectivity index (χ3n) is 0.671. The largest absolute Gasteiger partial charge is 0.299 e. The van der Waals surface area contributed by atoms with Crippen molar-refractivity contribution in [1.82, 2.24) is 0 Å². The smallest absolute Gasteiger partial charge is 0.246 e. The summed E-state index contributed by atoms with van der Waals surface area (Å²) in [5.74, 6) is 1.92. The average Bonchev–Trinajstić information content (AvgIpc) is 1.85. The van der Waals surface area contributed by atoms with Gasteiger partial charge in [-0.05, 0) is 12.3 Å². The molecule has 58 valence electrons. The summed E-state index contributed by atoms with van der Waals surface area (Å²) >= 11 is 0. The van der Waals surface area contributed by atoms with Gasteiger partial charge in [-0.3, -0.25) is 0 Å². The molecule has 0 N–H and O–H groups in total. The summed E-state index contributed by atoms with van der Waals surface area (Å²) in [4.78, 5) is 0. The van der Waals surface area contributed by atoms with Crippen LogP contribution in [0.4, 0.5) is 8.78 Å². The van der Waals surface area contributed by atoms with Crippen molar-refractivity contribution in [2.75, 3.05) is 5.75 Å². The van der Waals surface area contributed by atoms with Crippen molar-refractivity contribution in [1.29, 1.82) is 0 Å². The SMILES string of the molecule is CCCS(=O)C#CC(F)F. The molecule has 0 fully saturated rings. The van der Waals surface area contributed by atoms with Crippen LogP contribution in [0.3, 0.4) is 0 Å². The zero-order valence-corrected chi connectivity index (χ0v) is 6.38. The van der Waals surface area contributed by atoms with Crippen molar-refractivity contribution >= 4 is 10.8 Å². The molecule has 0 aromatic heterocycles. The lowest BCUT2D eigenvalue weighted by Gasteiger charge is -1.85. The van der Waals surface area contributed by atoms with Crippen LogP contribution in [0, 0.1) is 11.2 Å². The number of hydrogen-bond donors (Lipinski definition) is 0. The first-order valence-corrected chi connectivity index (χ1v) is 4.16. The molecule has 0 aromatic carbocycles. The summed E-state index contributed by atoms with van der Waals surface area (Å²) in [6.45, 7) is 1.82. The molecule has 0 radical (unpaired) electrons. The highest BCUT2D eigenvalue weighted by Gasteiger charge is 1.94. The van der Waals surface area contributed by atoms with Gasteiger partial charge < -0.3 is 0 Å². The first-order chi connectivity index (χ1) is 4.66. The third-order valence-corrected chi connectivity index (χ3v) is 1.80. The predicted octanol–water partition coefficient (Wildman–Crippen LogP) is 1.37. The highest BCUT2D eigenvalue weighted by atomic mass is 32.2. The van der Waals surface area contributed by atoms with Crippen LogP contribution in [0.2, 0.25) is 0 Å². The van der Waals surface area contributed by atoms with Crippen molar-refractivity contribution in [2.45, 2.75) is 19.8 Å². The van der Waals surface area contributed by atoms with Crippen molar-refractivity contribution in [2.24, 2.45) is 0 Å². The summed E-state index contributed by atoms with van der Waals surface area (Å²) in [5.41, 5.74) is 0. The number of alkyl halides is 2. The number of rotatable bonds is 2. The molecule has 1 unspecified atom stereocenters. The lowest BCUT2D eigenvalue weighted by molar-refractivity contribution is 0.215. The zero-order valence-electron chi connectivity index (χ0n) is 5.56. The molecule has 0 amide bonds. The molecule has 1 nitrogen and oxygen atoms in total. The fourth-order valence-corrected chi connectivity index (χ4v) is 1.04. The standard InChI is InChI=1S/C6H8F2OS/c1-2-4-10(9)5-3-6(7)8/h6H,2,4H2,1H3. The van der Waals surface area contributed by atoms with Gasteiger partial charge in [0.1, 0.15) is 0 Å². The summed E-state index contributed by atoms with van der Waals surface area (Å²) < 4.78 is 33.2. The van der Waals surface area contributed by atoms with Crippen LogP contribution in [0.25, 0.3) is 0 Å². The van der Waals surface area contributed by atoms with E-state index in [4.69, 9.17) is 0 Å². The zero-order chi connectivity index (χ0) is 7.98. The summed E-state index contributed by atoms with van der Waals surface area (Å²) in [6, 6.07) is 0. The van der Waals surface area contributed by atoms with Crippen LogP contribution in [0.1, 0.15) is 13.3 Å². The predicted molar refractivity (Wildman–Crippen MR) is 37.1 cm³/mol. The maximum absolute atomic E-state index is 11.3. The molecule has 0 aliphatic rings. The minimum absolute atomic E-state index is 0.375. The molecule has 0 saturated heterocycles. The van der Waals surface area contributed by atoms with Crippen LogP contribution in [-0.4, -0.2) is 16.4 Å². The molecular formula is C6H8F2OS. The fourth-order valence-electron chi connectivity index (χ4n) is 0.347. The molecule has 0 aliphatic carbocycles. The molecule has 0 rings (SSSR count). The highest BCUT2D eigenvalue weighted by Crippen LogP contribution is 1.89. The third kappa shape index (κ3) is 5.70. The van der Waals surface area contributed by atoms with Gasteiger partial charge in [-0.1, -0.05) is 6.92 Å². The topological polar surface area (TPSA) is 17.1 Å². The fraction of sp³-hybridized carbons (Fsp3) is 0.667. The van der Waals surface area contributed by atoms with Crippen LogP contribution >= 0.6 is 0 Å². The van der Waals surface area contributed by atoms with Gasteiger partial charge in [-0.25, -0.2) is 4.21 Å². The van der Waals surface area contributed by atoms with E-state index >= 15 is 0 Å². The van der Waals surface area contributed by atoms with E-state index < -0.39 is 17.2 Å². The average molecular weight is 166 g/mol. The monoisotopic (exact) mass is 166 g/mol. The van der Waals surface area contributed by atoms with E-state index in [1.807, 2.05) is 12.2 Å². The first-order valence-electron chi connectivity index (χ1n) is 2.84. The van der Waals surface area contributed by atoms with Crippen LogP contribution in [0.15, 0.2) is 0 Å². The highest BCUT2D eigenvalue weighted by molar-refractivity contribution is 7.89. The van der Waals surface area contributed by atoms with Gasteiger partial charge in [-0.15, -0.1) is 0 Å². The second-order valence-corrected chi connectivity index (χ2v) is 2.90. The van der Waals surface area contributed by atoms with Crippen molar-refractivity contribution in [3.63, 3.8) is 0 Å². The van der Waals surface area contributed by atoms with E-state index in [-0.39, 0.29) is 0 Å². The molecule has 4 heteroatoms. The quantitative estimate of drug-likeness (QED) is 0.566. The van der Waals surface area contributed by atoms with Crippen molar-refractivity contribution in [3.05, 3.63) is 0 Å². The molecule has 0 aliphatic heterocycles. The van der Waals surface area contributed by atoms with Gasteiger partial charge in [0.25, 0.3) is 6.43 Å². The van der Waals surface area contributed by atoms with E-state index in [9.17, 15) is 13.0 Å². The van der Waals surface area contributed by atoms with Crippen molar-refractivity contribution < 1.29 is 13.0 Å². The Kier molecular flexibility index (Phi) is 5.13. The van der Waals surface area contributed by atoms with Gasteiger partial charge in [0.2, 0.25) is 0 Å². The molecule has 0 heterocycles. The first kappa shape index (κ1) is 9.57. The van der Waals surface area contributed by atoms with Crippen LogP contribution in [0.5, 0.6) is 0 Å². The maximum Gasteiger partial charge on any atom is 0.299 e. The summed E-state index contributed by atoms with van der Waals surface area (Å²) in [5, 5.41) is 1.96. The van der Waals surface area contributed by atoms with Gasteiger partial charge in [0.05, 0.1) is 10.8 Å². The molecule has 10 heavy (non-hydrogen) atoms. The Labute approximate surface area is 61.3 Å². The van der Waals surface area contributed by atoms with E-state index in [1.54, 1.807) is 5.92 Å². The molecule has 0 saturated carbocycles. The summed E-state index contributed by atoms with van der Waals surface area (Å²) in [7, 11) is -1.38. The van der Waals surface area contributed by atoms with Crippen molar-refractivity contribution in [3.8, 4) is 11.2 Å². The maximum atomic E-state index is 11.3. The Hall–Kier alpha value is -0.430.